The van der Waals surface area contributed by atoms with Crippen LogP contribution in [0.2, 0.25) is 0 Å². The molecule has 23 heavy (non-hydrogen) atoms. The molecule has 1 aliphatic rings. The lowest BCUT2D eigenvalue weighted by atomic mass is 10.1. The van der Waals surface area contributed by atoms with Gasteiger partial charge in [-0.05, 0) is 33.1 Å². The van der Waals surface area contributed by atoms with E-state index in [2.05, 4.69) is 15.4 Å². The molecule has 1 unspecified atom stereocenters. The third-order valence-corrected chi connectivity index (χ3v) is 4.28. The molecule has 0 bridgehead atoms. The predicted molar refractivity (Wildman–Crippen MR) is 87.0 cm³/mol. The van der Waals surface area contributed by atoms with Crippen molar-refractivity contribution in [1.82, 2.24) is 14.8 Å². The van der Waals surface area contributed by atoms with Crippen LogP contribution in [-0.2, 0) is 11.3 Å². The van der Waals surface area contributed by atoms with Gasteiger partial charge in [0.1, 0.15) is 5.56 Å². The molecule has 1 atom stereocenters. The molecule has 7 heteroatoms. The van der Waals surface area contributed by atoms with Crippen LogP contribution in [-0.4, -0.2) is 45.1 Å². The summed E-state index contributed by atoms with van der Waals surface area (Å²) in [6.45, 7) is 5.88. The van der Waals surface area contributed by atoms with Gasteiger partial charge in [-0.2, -0.15) is 5.10 Å². The normalized spacial score (nSPS) is 18.8. The van der Waals surface area contributed by atoms with Crippen LogP contribution in [0.15, 0.2) is 6.20 Å². The Balaban J connectivity index is 2.09. The van der Waals surface area contributed by atoms with E-state index in [4.69, 9.17) is 4.74 Å². The Labute approximate surface area is 134 Å². The number of aryl methyl sites for hydroxylation is 2. The molecule has 0 spiro atoms. The van der Waals surface area contributed by atoms with Crippen molar-refractivity contribution in [2.45, 2.75) is 45.7 Å². The highest BCUT2D eigenvalue weighted by molar-refractivity contribution is 6.04. The Bertz CT molecular complexity index is 718. The van der Waals surface area contributed by atoms with Gasteiger partial charge in [0.05, 0.1) is 23.0 Å². The minimum Gasteiger partial charge on any atom is -0.478 e. The first-order valence-electron chi connectivity index (χ1n) is 8.05. The van der Waals surface area contributed by atoms with E-state index in [1.165, 1.54) is 0 Å². The van der Waals surface area contributed by atoms with Gasteiger partial charge in [0.2, 0.25) is 0 Å². The maximum Gasteiger partial charge on any atom is 0.339 e. The number of carboxylic acids is 1. The first kappa shape index (κ1) is 15.7. The second kappa shape index (κ2) is 6.54. The summed E-state index contributed by atoms with van der Waals surface area (Å²) in [5.41, 5.74) is 2.10. The molecule has 0 radical (unpaired) electrons. The Hall–Kier alpha value is -2.15. The lowest BCUT2D eigenvalue weighted by molar-refractivity contribution is 0.0697. The zero-order valence-electron chi connectivity index (χ0n) is 13.5. The van der Waals surface area contributed by atoms with Crippen LogP contribution in [0.3, 0.4) is 0 Å². The predicted octanol–water partition coefficient (Wildman–Crippen LogP) is 2.44. The van der Waals surface area contributed by atoms with E-state index < -0.39 is 5.97 Å². The molecule has 2 aromatic heterocycles. The third kappa shape index (κ3) is 3.01. The molecule has 3 rings (SSSR count). The van der Waals surface area contributed by atoms with Gasteiger partial charge in [0, 0.05) is 25.8 Å². The standard InChI is InChI=1S/C16H22N4O3/c1-3-20-15-12(9-17-20)14(13(16(21)22)10(2)18-15)19-11-5-4-7-23-8-6-11/h9,11H,3-8H2,1-2H3,(H,18,19)(H,21,22). The quantitative estimate of drug-likeness (QED) is 0.900. The highest BCUT2D eigenvalue weighted by Gasteiger charge is 2.23. The number of aromatic nitrogens is 3. The van der Waals surface area contributed by atoms with Crippen molar-refractivity contribution in [3.05, 3.63) is 17.5 Å². The van der Waals surface area contributed by atoms with E-state index in [0.717, 1.165) is 36.9 Å². The number of nitrogens with one attached hydrogen (secondary N) is 1. The molecule has 1 aliphatic heterocycles. The number of hydrogen-bond acceptors (Lipinski definition) is 5. The molecular weight excluding hydrogens is 296 g/mol. The molecule has 2 N–H and O–H groups in total. The van der Waals surface area contributed by atoms with Crippen molar-refractivity contribution in [3.8, 4) is 0 Å². The van der Waals surface area contributed by atoms with Gasteiger partial charge in [-0.3, -0.25) is 0 Å². The molecule has 1 fully saturated rings. The summed E-state index contributed by atoms with van der Waals surface area (Å²) in [7, 11) is 0. The maximum atomic E-state index is 11.7. The molecule has 0 saturated carbocycles. The summed E-state index contributed by atoms with van der Waals surface area (Å²) in [5, 5.41) is 18.1. The summed E-state index contributed by atoms with van der Waals surface area (Å²) in [6.07, 6.45) is 4.50. The fourth-order valence-corrected chi connectivity index (χ4v) is 3.10. The fourth-order valence-electron chi connectivity index (χ4n) is 3.10. The summed E-state index contributed by atoms with van der Waals surface area (Å²) >= 11 is 0. The van der Waals surface area contributed by atoms with Crippen molar-refractivity contribution in [2.75, 3.05) is 18.5 Å². The second-order valence-electron chi connectivity index (χ2n) is 5.83. The van der Waals surface area contributed by atoms with Gasteiger partial charge < -0.3 is 15.2 Å². The molecule has 124 valence electrons. The first-order valence-corrected chi connectivity index (χ1v) is 8.05. The minimum absolute atomic E-state index is 0.200. The smallest absolute Gasteiger partial charge is 0.339 e. The van der Waals surface area contributed by atoms with E-state index >= 15 is 0 Å². The van der Waals surface area contributed by atoms with Crippen LogP contribution in [0.5, 0.6) is 0 Å². The van der Waals surface area contributed by atoms with Crippen molar-refractivity contribution < 1.29 is 14.6 Å². The molecule has 7 nitrogen and oxygen atoms in total. The lowest BCUT2D eigenvalue weighted by Gasteiger charge is -2.20. The number of fused-ring (bicyclic) bond motifs is 1. The molecule has 0 aliphatic carbocycles. The Morgan fingerprint density at radius 2 is 2.30 bits per heavy atom. The molecule has 0 aromatic carbocycles. The zero-order valence-corrected chi connectivity index (χ0v) is 13.5. The number of carbonyl (C=O) groups is 1. The summed E-state index contributed by atoms with van der Waals surface area (Å²) in [6, 6.07) is 0.200. The van der Waals surface area contributed by atoms with E-state index in [1.54, 1.807) is 17.8 Å². The SMILES string of the molecule is CCn1ncc2c(NC3CCCOCC3)c(C(=O)O)c(C)nc21. The van der Waals surface area contributed by atoms with Gasteiger partial charge in [0.25, 0.3) is 0 Å². The van der Waals surface area contributed by atoms with E-state index in [0.29, 0.717) is 24.5 Å². The van der Waals surface area contributed by atoms with E-state index in [1.807, 2.05) is 6.92 Å². The largest absolute Gasteiger partial charge is 0.478 e. The van der Waals surface area contributed by atoms with Crippen LogP contribution in [0.1, 0.15) is 42.2 Å². The van der Waals surface area contributed by atoms with Crippen LogP contribution < -0.4 is 5.32 Å². The highest BCUT2D eigenvalue weighted by atomic mass is 16.5. The number of anilines is 1. The molecular formula is C16H22N4O3. The first-order chi connectivity index (χ1) is 11.1. The Morgan fingerprint density at radius 1 is 1.48 bits per heavy atom. The number of carboxylic acid groups (broad SMARTS) is 1. The van der Waals surface area contributed by atoms with Gasteiger partial charge in [-0.1, -0.05) is 0 Å². The molecule has 2 aromatic rings. The minimum atomic E-state index is -0.964. The summed E-state index contributed by atoms with van der Waals surface area (Å²) < 4.78 is 7.27. The number of pyridine rings is 1. The molecule has 3 heterocycles. The van der Waals surface area contributed by atoms with Gasteiger partial charge >= 0.3 is 5.97 Å². The van der Waals surface area contributed by atoms with Crippen molar-refractivity contribution in [1.29, 1.82) is 0 Å². The number of ether oxygens (including phenoxy) is 1. The van der Waals surface area contributed by atoms with E-state index in [-0.39, 0.29) is 11.6 Å². The second-order valence-corrected chi connectivity index (χ2v) is 5.83. The molecule has 0 amide bonds. The lowest BCUT2D eigenvalue weighted by Crippen LogP contribution is -2.22. The van der Waals surface area contributed by atoms with Gasteiger partial charge in [0.15, 0.2) is 5.65 Å². The Kier molecular flexibility index (Phi) is 4.47. The van der Waals surface area contributed by atoms with Crippen molar-refractivity contribution >= 4 is 22.7 Å². The highest BCUT2D eigenvalue weighted by Crippen LogP contribution is 2.30. The van der Waals surface area contributed by atoms with Gasteiger partial charge in [-0.15, -0.1) is 0 Å². The third-order valence-electron chi connectivity index (χ3n) is 4.28. The number of nitrogens with zero attached hydrogens (tertiary/aromatic N) is 3. The topological polar surface area (TPSA) is 89.3 Å². The van der Waals surface area contributed by atoms with Crippen LogP contribution >= 0.6 is 0 Å². The van der Waals surface area contributed by atoms with E-state index in [9.17, 15) is 9.90 Å². The average Bonchev–Trinajstić information content (AvgIpc) is 2.74. The van der Waals surface area contributed by atoms with Crippen molar-refractivity contribution in [2.24, 2.45) is 0 Å². The monoisotopic (exact) mass is 318 g/mol. The number of hydrogen-bond donors (Lipinski definition) is 2. The Morgan fingerprint density at radius 3 is 3.04 bits per heavy atom. The van der Waals surface area contributed by atoms with Gasteiger partial charge in [-0.25, -0.2) is 14.5 Å². The number of rotatable bonds is 4. The fraction of sp³-hybridized carbons (Fsp3) is 0.562. The number of aromatic carboxylic acids is 1. The van der Waals surface area contributed by atoms with Crippen LogP contribution in [0.25, 0.3) is 11.0 Å². The zero-order chi connectivity index (χ0) is 16.4. The average molecular weight is 318 g/mol. The van der Waals surface area contributed by atoms with Crippen molar-refractivity contribution in [3.63, 3.8) is 0 Å². The van der Waals surface area contributed by atoms with Crippen LogP contribution in [0.4, 0.5) is 5.69 Å². The van der Waals surface area contributed by atoms with Crippen LogP contribution in [0, 0.1) is 6.92 Å². The summed E-state index contributed by atoms with van der Waals surface area (Å²) in [4.78, 5) is 16.2. The maximum absolute atomic E-state index is 11.7. The summed E-state index contributed by atoms with van der Waals surface area (Å²) in [5.74, 6) is -0.964. The molecule has 1 saturated heterocycles.